The Labute approximate surface area is 363 Å². The zero-order valence-electron chi connectivity index (χ0n) is 34.2. The number of aromatic nitrogens is 1. The molecule has 2 aromatic heterocycles. The monoisotopic (exact) mass is 802 g/mol. The van der Waals surface area contributed by atoms with Gasteiger partial charge in [-0.2, -0.15) is 0 Å². The van der Waals surface area contributed by atoms with Crippen molar-refractivity contribution in [2.24, 2.45) is 0 Å². The molecule has 11 aromatic carbocycles. The molecule has 0 spiro atoms. The summed E-state index contributed by atoms with van der Waals surface area (Å²) >= 11 is 0. The van der Waals surface area contributed by atoms with Crippen LogP contribution < -0.4 is 4.90 Å². The number of nitrogens with zero attached hydrogens (tertiary/aromatic N) is 2. The molecular formula is C60H38N2O. The van der Waals surface area contributed by atoms with Crippen molar-refractivity contribution >= 4 is 93.1 Å². The summed E-state index contributed by atoms with van der Waals surface area (Å²) in [6.07, 6.45) is 0. The minimum Gasteiger partial charge on any atom is -0.455 e. The second kappa shape index (κ2) is 14.1. The van der Waals surface area contributed by atoms with E-state index in [1.165, 1.54) is 54.5 Å². The molecule has 13 rings (SSSR count). The summed E-state index contributed by atoms with van der Waals surface area (Å²) < 4.78 is 9.31. The second-order valence-corrected chi connectivity index (χ2v) is 16.5. The first kappa shape index (κ1) is 35.4. The second-order valence-electron chi connectivity index (χ2n) is 16.5. The summed E-state index contributed by atoms with van der Waals surface area (Å²) in [4.78, 5) is 2.37. The highest BCUT2D eigenvalue weighted by molar-refractivity contribution is 6.18. The van der Waals surface area contributed by atoms with Crippen molar-refractivity contribution < 1.29 is 4.42 Å². The van der Waals surface area contributed by atoms with Gasteiger partial charge in [-0.25, -0.2) is 0 Å². The Morgan fingerprint density at radius 2 is 0.857 bits per heavy atom. The molecule has 0 bridgehead atoms. The van der Waals surface area contributed by atoms with E-state index in [1.54, 1.807) is 0 Å². The number of hydrogen-bond acceptors (Lipinski definition) is 2. The maximum absolute atomic E-state index is 6.93. The van der Waals surface area contributed by atoms with Crippen molar-refractivity contribution in [3.63, 3.8) is 0 Å². The number of fused-ring (bicyclic) bond motifs is 11. The van der Waals surface area contributed by atoms with Crippen molar-refractivity contribution in [2.45, 2.75) is 0 Å². The standard InChI is InChI=1S/C60H38N2O/c1-2-13-39(14-3-1)48-21-12-22-53-54-36-28-41-27-31-46(38-56(41)60(54)63-59(48)53)61(44-32-34-45(35-33-44)62-57-23-10-8-19-51(57)52-20-9-11-24-58(52)62)43-29-25-40(26-30-43)55-37-42-15-4-5-16-47(42)49-17-6-7-18-50(49)55/h1-38H. The lowest BCUT2D eigenvalue weighted by Gasteiger charge is -2.26. The molecule has 0 amide bonds. The van der Waals surface area contributed by atoms with Crippen LogP contribution in [0.2, 0.25) is 0 Å². The van der Waals surface area contributed by atoms with Crippen LogP contribution >= 0.6 is 0 Å². The average Bonchev–Trinajstić information content (AvgIpc) is 3.91. The summed E-state index contributed by atoms with van der Waals surface area (Å²) in [6, 6.07) is 83.4. The lowest BCUT2D eigenvalue weighted by Crippen LogP contribution is -2.10. The van der Waals surface area contributed by atoms with Crippen molar-refractivity contribution in [3.05, 3.63) is 231 Å². The molecule has 0 radical (unpaired) electrons. The third-order valence-corrected chi connectivity index (χ3v) is 13.0. The molecule has 13 aromatic rings. The predicted molar refractivity (Wildman–Crippen MR) is 266 cm³/mol. The quantitative estimate of drug-likeness (QED) is 0.156. The van der Waals surface area contributed by atoms with E-state index in [1.807, 2.05) is 0 Å². The molecule has 0 fully saturated rings. The van der Waals surface area contributed by atoms with E-state index in [0.717, 1.165) is 66.6 Å². The van der Waals surface area contributed by atoms with E-state index in [-0.39, 0.29) is 0 Å². The van der Waals surface area contributed by atoms with Crippen LogP contribution in [0.25, 0.3) is 104 Å². The molecule has 0 aliphatic carbocycles. The van der Waals surface area contributed by atoms with Gasteiger partial charge in [0, 0.05) is 55.2 Å². The fraction of sp³-hybridized carbons (Fsp3) is 0. The summed E-state index contributed by atoms with van der Waals surface area (Å²) in [7, 11) is 0. The molecule has 0 aliphatic heterocycles. The molecule has 0 saturated heterocycles. The first-order valence-corrected chi connectivity index (χ1v) is 21.6. The van der Waals surface area contributed by atoms with Crippen LogP contribution in [0, 0.1) is 0 Å². The first-order valence-electron chi connectivity index (χ1n) is 21.6. The molecule has 0 aliphatic rings. The highest BCUT2D eigenvalue weighted by Crippen LogP contribution is 2.43. The molecule has 294 valence electrons. The zero-order chi connectivity index (χ0) is 41.4. The van der Waals surface area contributed by atoms with Crippen LogP contribution in [0.15, 0.2) is 235 Å². The molecule has 63 heavy (non-hydrogen) atoms. The Bertz CT molecular complexity index is 3840. The highest BCUT2D eigenvalue weighted by atomic mass is 16.3. The van der Waals surface area contributed by atoms with Crippen LogP contribution in [-0.2, 0) is 0 Å². The molecule has 0 unspecified atom stereocenters. The number of hydrogen-bond donors (Lipinski definition) is 0. The maximum Gasteiger partial charge on any atom is 0.143 e. The van der Waals surface area contributed by atoms with Gasteiger partial charge in [0.2, 0.25) is 0 Å². The van der Waals surface area contributed by atoms with Crippen LogP contribution in [-0.4, -0.2) is 4.57 Å². The maximum atomic E-state index is 6.93. The van der Waals surface area contributed by atoms with Crippen LogP contribution in [0.4, 0.5) is 17.1 Å². The van der Waals surface area contributed by atoms with Crippen molar-refractivity contribution in [1.29, 1.82) is 0 Å². The number of anilines is 3. The summed E-state index contributed by atoms with van der Waals surface area (Å²) in [5.41, 5.74) is 13.1. The normalized spacial score (nSPS) is 11.8. The Hall–Kier alpha value is -8.40. The van der Waals surface area contributed by atoms with E-state index >= 15 is 0 Å². The summed E-state index contributed by atoms with van der Waals surface area (Å²) in [6.45, 7) is 0. The zero-order valence-corrected chi connectivity index (χ0v) is 34.2. The van der Waals surface area contributed by atoms with E-state index in [2.05, 4.69) is 240 Å². The molecule has 2 heterocycles. The molecule has 0 saturated carbocycles. The molecule has 3 heteroatoms. The summed E-state index contributed by atoms with van der Waals surface area (Å²) in [5.74, 6) is 0. The van der Waals surface area contributed by atoms with E-state index < -0.39 is 0 Å². The van der Waals surface area contributed by atoms with Gasteiger partial charge in [0.25, 0.3) is 0 Å². The van der Waals surface area contributed by atoms with Gasteiger partial charge in [-0.3, -0.25) is 0 Å². The average molecular weight is 803 g/mol. The first-order chi connectivity index (χ1) is 31.2. The topological polar surface area (TPSA) is 21.3 Å². The largest absolute Gasteiger partial charge is 0.455 e. The Morgan fingerprint density at radius 1 is 0.302 bits per heavy atom. The van der Waals surface area contributed by atoms with Gasteiger partial charge >= 0.3 is 0 Å². The molecular weight excluding hydrogens is 765 g/mol. The number of rotatable bonds is 6. The molecule has 0 atom stereocenters. The van der Waals surface area contributed by atoms with E-state index in [4.69, 9.17) is 4.42 Å². The smallest absolute Gasteiger partial charge is 0.143 e. The summed E-state index contributed by atoms with van der Waals surface area (Å²) in [5, 5.41) is 12.0. The van der Waals surface area contributed by atoms with Gasteiger partial charge < -0.3 is 13.9 Å². The fourth-order valence-electron chi connectivity index (χ4n) is 10.0. The minimum absolute atomic E-state index is 0.896. The van der Waals surface area contributed by atoms with E-state index in [0.29, 0.717) is 0 Å². The molecule has 0 N–H and O–H groups in total. The van der Waals surface area contributed by atoms with Crippen LogP contribution in [0.1, 0.15) is 0 Å². The van der Waals surface area contributed by atoms with Crippen molar-refractivity contribution in [1.82, 2.24) is 4.57 Å². The number of furan rings is 1. The van der Waals surface area contributed by atoms with Gasteiger partial charge in [0.05, 0.1) is 11.0 Å². The van der Waals surface area contributed by atoms with Gasteiger partial charge in [0.1, 0.15) is 11.2 Å². The fourth-order valence-corrected chi connectivity index (χ4v) is 10.0. The Kier molecular flexibility index (Phi) is 7.91. The minimum atomic E-state index is 0.896. The SMILES string of the molecule is c1ccc(-c2cccc3c2oc2c4cc(N(c5ccc(-c6cc7ccccc7c7ccccc67)cc5)c5ccc(-n6c7ccccc7c7ccccc76)cc5)ccc4ccc32)cc1. The lowest BCUT2D eigenvalue weighted by atomic mass is 9.93. The Balaban J connectivity index is 0.986. The number of benzene rings is 11. The van der Waals surface area contributed by atoms with Crippen LogP contribution in [0.5, 0.6) is 0 Å². The van der Waals surface area contributed by atoms with Gasteiger partial charge in [-0.15, -0.1) is 0 Å². The predicted octanol–water partition coefficient (Wildman–Crippen LogP) is 16.9. The lowest BCUT2D eigenvalue weighted by molar-refractivity contribution is 0.674. The van der Waals surface area contributed by atoms with Gasteiger partial charge in [-0.05, 0) is 116 Å². The van der Waals surface area contributed by atoms with Gasteiger partial charge in [0.15, 0.2) is 0 Å². The van der Waals surface area contributed by atoms with E-state index in [9.17, 15) is 0 Å². The van der Waals surface area contributed by atoms with Crippen molar-refractivity contribution in [3.8, 4) is 27.9 Å². The number of para-hydroxylation sites is 3. The van der Waals surface area contributed by atoms with Gasteiger partial charge in [-0.1, -0.05) is 158 Å². The third-order valence-electron chi connectivity index (χ3n) is 13.0. The highest BCUT2D eigenvalue weighted by Gasteiger charge is 2.19. The van der Waals surface area contributed by atoms with Crippen LogP contribution in [0.3, 0.4) is 0 Å². The van der Waals surface area contributed by atoms with Crippen molar-refractivity contribution in [2.75, 3.05) is 4.90 Å². The molecule has 3 nitrogen and oxygen atoms in total. The Morgan fingerprint density at radius 3 is 1.60 bits per heavy atom. The third kappa shape index (κ3) is 5.60.